The summed E-state index contributed by atoms with van der Waals surface area (Å²) < 4.78 is 0.772. The molecule has 1 heterocycles. The van der Waals surface area contributed by atoms with Crippen molar-refractivity contribution >= 4 is 39.5 Å². The Morgan fingerprint density at radius 1 is 1.07 bits per heavy atom. The number of anilines is 1. The highest BCUT2D eigenvalue weighted by atomic mass is 79.9. The number of nitrogens with zero attached hydrogens (tertiary/aromatic N) is 2. The number of halogens is 1. The number of hydrogen-bond donors (Lipinski definition) is 2. The van der Waals surface area contributed by atoms with Crippen LogP contribution in [0.4, 0.5) is 5.95 Å². The molecule has 2 rings (SSSR count). The number of rotatable bonds is 7. The van der Waals surface area contributed by atoms with Gasteiger partial charge in [-0.25, -0.2) is 9.97 Å². The molecule has 0 unspecified atom stereocenters. The van der Waals surface area contributed by atoms with Crippen molar-refractivity contribution in [1.29, 1.82) is 0 Å². The van der Waals surface area contributed by atoms with Gasteiger partial charge in [-0.1, -0.05) is 53.7 Å². The molecule has 0 bridgehead atoms. The summed E-state index contributed by atoms with van der Waals surface area (Å²) in [6, 6.07) is 4.26. The molecule has 5 nitrogen and oxygen atoms in total. The van der Waals surface area contributed by atoms with Crippen molar-refractivity contribution in [3.05, 3.63) is 45.7 Å². The van der Waals surface area contributed by atoms with Gasteiger partial charge in [0, 0.05) is 12.4 Å². The van der Waals surface area contributed by atoms with Gasteiger partial charge in [0.15, 0.2) is 0 Å². The van der Waals surface area contributed by atoms with Crippen molar-refractivity contribution < 1.29 is 9.90 Å². The summed E-state index contributed by atoms with van der Waals surface area (Å²) in [4.78, 5) is 20.1. The van der Waals surface area contributed by atoms with E-state index >= 15 is 0 Å². The standard InChI is InChI=1S/C23H32BrN3O2S/c1-22(2,3)17-10-15(11-18(20(17)29)23(4,5)6)8-7-9-30-14-19(28)27-21-25-12-16(24)13-26-21/h10-13,29H,7-9,14H2,1-6H3,(H,25,26,27,28). The van der Waals surface area contributed by atoms with E-state index in [-0.39, 0.29) is 16.7 Å². The first-order chi connectivity index (χ1) is 13.9. The molecule has 0 radical (unpaired) electrons. The fourth-order valence-corrected chi connectivity index (χ4v) is 4.02. The lowest BCUT2D eigenvalue weighted by Gasteiger charge is -2.28. The number of benzene rings is 1. The van der Waals surface area contributed by atoms with E-state index in [1.54, 1.807) is 24.2 Å². The molecule has 0 aliphatic rings. The summed E-state index contributed by atoms with van der Waals surface area (Å²) in [5, 5.41) is 13.5. The van der Waals surface area contributed by atoms with Crippen LogP contribution < -0.4 is 5.32 Å². The monoisotopic (exact) mass is 493 g/mol. The molecule has 7 heteroatoms. The number of carbonyl (C=O) groups is 1. The molecule has 1 aromatic carbocycles. The average molecular weight is 494 g/mol. The minimum absolute atomic E-state index is 0.100. The Bertz CT molecular complexity index is 836. The van der Waals surface area contributed by atoms with E-state index in [9.17, 15) is 9.90 Å². The lowest BCUT2D eigenvalue weighted by Crippen LogP contribution is -2.18. The zero-order valence-corrected chi connectivity index (χ0v) is 21.1. The molecule has 0 aliphatic heterocycles. The third-order valence-electron chi connectivity index (χ3n) is 4.64. The topological polar surface area (TPSA) is 75.1 Å². The summed E-state index contributed by atoms with van der Waals surface area (Å²) in [7, 11) is 0. The van der Waals surface area contributed by atoms with Gasteiger partial charge in [-0.3, -0.25) is 10.1 Å². The molecule has 0 atom stereocenters. The largest absolute Gasteiger partial charge is 0.507 e. The predicted octanol–water partition coefficient (Wildman–Crippen LogP) is 5.84. The first-order valence-corrected chi connectivity index (χ1v) is 12.0. The Labute approximate surface area is 192 Å². The summed E-state index contributed by atoms with van der Waals surface area (Å²) in [6.07, 6.45) is 5.08. The van der Waals surface area contributed by atoms with Crippen LogP contribution >= 0.6 is 27.7 Å². The number of nitrogens with one attached hydrogen (secondary N) is 1. The Morgan fingerprint density at radius 3 is 2.10 bits per heavy atom. The second-order valence-electron chi connectivity index (χ2n) is 9.47. The fourth-order valence-electron chi connectivity index (χ4n) is 3.06. The van der Waals surface area contributed by atoms with Crippen LogP contribution in [0.2, 0.25) is 0 Å². The maximum absolute atomic E-state index is 12.0. The van der Waals surface area contributed by atoms with Gasteiger partial charge >= 0.3 is 0 Å². The number of phenols is 1. The van der Waals surface area contributed by atoms with E-state index in [0.29, 0.717) is 17.5 Å². The third kappa shape index (κ3) is 7.27. The van der Waals surface area contributed by atoms with Crippen molar-refractivity contribution in [3.63, 3.8) is 0 Å². The number of hydrogen-bond acceptors (Lipinski definition) is 5. The Hall–Kier alpha value is -1.60. The zero-order chi connectivity index (χ0) is 22.5. The van der Waals surface area contributed by atoms with Gasteiger partial charge in [0.05, 0.1) is 10.2 Å². The predicted molar refractivity (Wildman–Crippen MR) is 130 cm³/mol. The molecule has 0 fully saturated rings. The second kappa shape index (κ2) is 10.1. The van der Waals surface area contributed by atoms with Crippen LogP contribution in [0.3, 0.4) is 0 Å². The van der Waals surface area contributed by atoms with Crippen LogP contribution in [-0.4, -0.2) is 32.5 Å². The van der Waals surface area contributed by atoms with Gasteiger partial charge < -0.3 is 5.11 Å². The highest BCUT2D eigenvalue weighted by Gasteiger charge is 2.26. The highest BCUT2D eigenvalue weighted by molar-refractivity contribution is 9.10. The molecule has 0 aliphatic carbocycles. The number of phenolic OH excluding ortho intramolecular Hbond substituents is 1. The summed E-state index contributed by atoms with van der Waals surface area (Å²) in [6.45, 7) is 12.8. The van der Waals surface area contributed by atoms with Crippen molar-refractivity contribution in [2.45, 2.75) is 65.2 Å². The van der Waals surface area contributed by atoms with E-state index < -0.39 is 0 Å². The second-order valence-corrected chi connectivity index (χ2v) is 11.5. The summed E-state index contributed by atoms with van der Waals surface area (Å²) in [5.74, 6) is 1.88. The highest BCUT2D eigenvalue weighted by Crippen LogP contribution is 2.40. The van der Waals surface area contributed by atoms with Crippen LogP contribution in [-0.2, 0) is 22.0 Å². The van der Waals surface area contributed by atoms with E-state index in [0.717, 1.165) is 34.2 Å². The Kier molecular flexibility index (Phi) is 8.34. The molecule has 2 aromatic rings. The minimum Gasteiger partial charge on any atom is -0.507 e. The molecular weight excluding hydrogens is 462 g/mol. The Balaban J connectivity index is 1.91. The van der Waals surface area contributed by atoms with Crippen LogP contribution in [0.15, 0.2) is 29.0 Å². The van der Waals surface area contributed by atoms with Gasteiger partial charge in [-0.15, -0.1) is 0 Å². The summed E-state index contributed by atoms with van der Waals surface area (Å²) in [5.41, 5.74) is 2.97. The van der Waals surface area contributed by atoms with Crippen molar-refractivity contribution in [2.24, 2.45) is 0 Å². The Morgan fingerprint density at radius 2 is 1.60 bits per heavy atom. The molecule has 164 valence electrons. The first kappa shape index (κ1) is 24.7. The van der Waals surface area contributed by atoms with Gasteiger partial charge in [0.1, 0.15) is 5.75 Å². The summed E-state index contributed by atoms with van der Waals surface area (Å²) >= 11 is 4.87. The smallest absolute Gasteiger partial charge is 0.236 e. The van der Waals surface area contributed by atoms with Gasteiger partial charge in [-0.05, 0) is 62.0 Å². The van der Waals surface area contributed by atoms with Crippen LogP contribution in [0.1, 0.15) is 64.7 Å². The van der Waals surface area contributed by atoms with Crippen LogP contribution in [0, 0.1) is 0 Å². The number of amides is 1. The number of aromatic hydroxyl groups is 1. The average Bonchev–Trinajstić information content (AvgIpc) is 2.62. The maximum atomic E-state index is 12.0. The molecule has 0 spiro atoms. The normalized spacial score (nSPS) is 12.1. The van der Waals surface area contributed by atoms with Crippen LogP contribution in [0.25, 0.3) is 0 Å². The SMILES string of the molecule is CC(C)(C)c1cc(CCCSCC(=O)Nc2ncc(Br)cn2)cc(C(C)(C)C)c1O. The number of carbonyl (C=O) groups excluding carboxylic acids is 1. The lowest BCUT2D eigenvalue weighted by molar-refractivity contribution is -0.113. The first-order valence-electron chi connectivity index (χ1n) is 10.1. The molecule has 1 aromatic heterocycles. The van der Waals surface area contributed by atoms with E-state index in [2.05, 4.69) is 84.9 Å². The third-order valence-corrected chi connectivity index (χ3v) is 6.10. The zero-order valence-electron chi connectivity index (χ0n) is 18.7. The van der Waals surface area contributed by atoms with Crippen molar-refractivity contribution in [2.75, 3.05) is 16.8 Å². The molecule has 0 saturated heterocycles. The molecule has 30 heavy (non-hydrogen) atoms. The molecule has 0 saturated carbocycles. The van der Waals surface area contributed by atoms with E-state index in [4.69, 9.17) is 0 Å². The number of aromatic nitrogens is 2. The molecule has 2 N–H and O–H groups in total. The van der Waals surface area contributed by atoms with Gasteiger partial charge in [-0.2, -0.15) is 11.8 Å². The number of thioether (sulfide) groups is 1. The van der Waals surface area contributed by atoms with Crippen LogP contribution in [0.5, 0.6) is 5.75 Å². The molecular formula is C23H32BrN3O2S. The van der Waals surface area contributed by atoms with Gasteiger partial charge in [0.2, 0.25) is 11.9 Å². The fraction of sp³-hybridized carbons (Fsp3) is 0.522. The van der Waals surface area contributed by atoms with Gasteiger partial charge in [0.25, 0.3) is 0 Å². The van der Waals surface area contributed by atoms with E-state index in [1.807, 2.05) is 0 Å². The maximum Gasteiger partial charge on any atom is 0.236 e. The van der Waals surface area contributed by atoms with Crippen molar-refractivity contribution in [1.82, 2.24) is 9.97 Å². The van der Waals surface area contributed by atoms with E-state index in [1.165, 1.54) is 5.56 Å². The lowest BCUT2D eigenvalue weighted by atomic mass is 9.78. The molecule has 1 amide bonds. The van der Waals surface area contributed by atoms with Crippen molar-refractivity contribution in [3.8, 4) is 5.75 Å². The number of aryl methyl sites for hydroxylation is 1. The minimum atomic E-state index is -0.123. The quantitative estimate of drug-likeness (QED) is 0.473.